The molecule has 1 unspecified atom stereocenters. The van der Waals surface area contributed by atoms with Crippen LogP contribution in [0.15, 0.2) is 30.3 Å². The SMILES string of the molecule is COc1cc(C(=O)Nc2cccc3c2CN(C2CCC(=O)NC2=O)C3=O)cc(OC)c1OC. The van der Waals surface area contributed by atoms with Gasteiger partial charge in [-0.1, -0.05) is 6.07 Å². The van der Waals surface area contributed by atoms with Gasteiger partial charge in [-0.25, -0.2) is 0 Å². The summed E-state index contributed by atoms with van der Waals surface area (Å²) in [7, 11) is 4.38. The fourth-order valence-corrected chi connectivity index (χ4v) is 4.11. The fourth-order valence-electron chi connectivity index (χ4n) is 4.11. The van der Waals surface area contributed by atoms with Gasteiger partial charge in [0.05, 0.1) is 21.3 Å². The van der Waals surface area contributed by atoms with Crippen molar-refractivity contribution in [2.45, 2.75) is 25.4 Å². The van der Waals surface area contributed by atoms with Gasteiger partial charge >= 0.3 is 0 Å². The quantitative estimate of drug-likeness (QED) is 0.639. The maximum absolute atomic E-state index is 13.0. The molecule has 2 aliphatic rings. The molecular formula is C23H23N3O7. The third-order valence-electron chi connectivity index (χ3n) is 5.76. The van der Waals surface area contributed by atoms with Crippen LogP contribution in [0.3, 0.4) is 0 Å². The number of ether oxygens (including phenoxy) is 3. The molecule has 1 fully saturated rings. The lowest BCUT2D eigenvalue weighted by atomic mass is 10.0. The van der Waals surface area contributed by atoms with Crippen LogP contribution in [-0.2, 0) is 16.1 Å². The molecule has 0 aromatic heterocycles. The highest BCUT2D eigenvalue weighted by Gasteiger charge is 2.40. The maximum Gasteiger partial charge on any atom is 0.255 e. The second-order valence-electron chi connectivity index (χ2n) is 7.60. The van der Waals surface area contributed by atoms with E-state index in [4.69, 9.17) is 14.2 Å². The average molecular weight is 453 g/mol. The summed E-state index contributed by atoms with van der Waals surface area (Å²) in [6.45, 7) is 0.145. The number of carbonyl (C=O) groups excluding carboxylic acids is 4. The molecule has 2 aromatic carbocycles. The van der Waals surface area contributed by atoms with Gasteiger partial charge in [-0.15, -0.1) is 0 Å². The smallest absolute Gasteiger partial charge is 0.255 e. The molecular weight excluding hydrogens is 430 g/mol. The summed E-state index contributed by atoms with van der Waals surface area (Å²) in [6.07, 6.45) is 0.429. The number of hydrogen-bond donors (Lipinski definition) is 2. The Morgan fingerprint density at radius 3 is 2.36 bits per heavy atom. The zero-order chi connectivity index (χ0) is 23.7. The van der Waals surface area contributed by atoms with E-state index in [0.717, 1.165) is 0 Å². The van der Waals surface area contributed by atoms with Crippen LogP contribution in [0, 0.1) is 0 Å². The summed E-state index contributed by atoms with van der Waals surface area (Å²) in [5, 5.41) is 5.11. The van der Waals surface area contributed by atoms with Crippen LogP contribution in [0.4, 0.5) is 5.69 Å². The van der Waals surface area contributed by atoms with Crippen LogP contribution in [0.25, 0.3) is 0 Å². The Hall–Kier alpha value is -4.08. The lowest BCUT2D eigenvalue weighted by Gasteiger charge is -2.29. The van der Waals surface area contributed by atoms with Gasteiger partial charge in [0, 0.05) is 35.3 Å². The largest absolute Gasteiger partial charge is 0.493 e. The van der Waals surface area contributed by atoms with E-state index in [1.165, 1.54) is 38.4 Å². The van der Waals surface area contributed by atoms with E-state index in [2.05, 4.69) is 10.6 Å². The van der Waals surface area contributed by atoms with Crippen molar-refractivity contribution in [3.05, 3.63) is 47.0 Å². The molecule has 4 rings (SSSR count). The van der Waals surface area contributed by atoms with Gasteiger partial charge in [0.2, 0.25) is 17.6 Å². The van der Waals surface area contributed by atoms with Gasteiger partial charge in [0.25, 0.3) is 11.8 Å². The number of amides is 4. The Kier molecular flexibility index (Phi) is 5.91. The van der Waals surface area contributed by atoms with E-state index in [1.807, 2.05) is 0 Å². The first-order chi connectivity index (χ1) is 15.9. The lowest BCUT2D eigenvalue weighted by Crippen LogP contribution is -2.52. The summed E-state index contributed by atoms with van der Waals surface area (Å²) in [5.41, 5.74) is 1.73. The molecule has 0 bridgehead atoms. The molecule has 0 spiro atoms. The monoisotopic (exact) mass is 453 g/mol. The first-order valence-corrected chi connectivity index (χ1v) is 10.3. The van der Waals surface area contributed by atoms with Gasteiger partial charge in [0.15, 0.2) is 11.5 Å². The third-order valence-corrected chi connectivity index (χ3v) is 5.76. The highest BCUT2D eigenvalue weighted by atomic mass is 16.5. The molecule has 0 saturated carbocycles. The predicted molar refractivity (Wildman–Crippen MR) is 117 cm³/mol. The molecule has 4 amide bonds. The van der Waals surface area contributed by atoms with Crippen molar-refractivity contribution in [2.75, 3.05) is 26.6 Å². The van der Waals surface area contributed by atoms with Crippen molar-refractivity contribution >= 4 is 29.3 Å². The Morgan fingerprint density at radius 1 is 1.06 bits per heavy atom. The Labute approximate surface area is 189 Å². The normalized spacial score (nSPS) is 17.4. The highest BCUT2D eigenvalue weighted by Crippen LogP contribution is 2.39. The topological polar surface area (TPSA) is 123 Å². The number of rotatable bonds is 6. The van der Waals surface area contributed by atoms with Crippen LogP contribution >= 0.6 is 0 Å². The number of benzene rings is 2. The number of fused-ring (bicyclic) bond motifs is 1. The van der Waals surface area contributed by atoms with Crippen molar-refractivity contribution in [3.8, 4) is 17.2 Å². The number of nitrogens with zero attached hydrogens (tertiary/aromatic N) is 1. The third kappa shape index (κ3) is 3.95. The molecule has 2 heterocycles. The van der Waals surface area contributed by atoms with Crippen LogP contribution in [0.5, 0.6) is 17.2 Å². The minimum atomic E-state index is -0.735. The standard InChI is InChI=1S/C23H23N3O7/c1-31-17-9-12(10-18(32-2)20(17)33-3)21(28)24-15-6-4-5-13-14(15)11-26(23(13)30)16-7-8-19(27)25-22(16)29/h4-6,9-10,16H,7-8,11H2,1-3H3,(H,24,28)(H,25,27,29). The number of imide groups is 1. The minimum Gasteiger partial charge on any atom is -0.493 e. The van der Waals surface area contributed by atoms with Gasteiger partial charge in [-0.3, -0.25) is 24.5 Å². The van der Waals surface area contributed by atoms with E-state index < -0.39 is 17.9 Å². The summed E-state index contributed by atoms with van der Waals surface area (Å²) in [5.74, 6) is -0.561. The fraction of sp³-hybridized carbons (Fsp3) is 0.304. The molecule has 0 aliphatic carbocycles. The van der Waals surface area contributed by atoms with Crippen LogP contribution in [0.1, 0.15) is 39.1 Å². The van der Waals surface area contributed by atoms with Crippen LogP contribution in [0.2, 0.25) is 0 Å². The molecule has 10 heteroatoms. The molecule has 1 saturated heterocycles. The zero-order valence-corrected chi connectivity index (χ0v) is 18.4. The number of hydrogen-bond acceptors (Lipinski definition) is 7. The number of anilines is 1. The zero-order valence-electron chi connectivity index (χ0n) is 18.4. The predicted octanol–water partition coefficient (Wildman–Crippen LogP) is 1.73. The van der Waals surface area contributed by atoms with Crippen molar-refractivity contribution in [3.63, 3.8) is 0 Å². The van der Waals surface area contributed by atoms with Crippen molar-refractivity contribution < 1.29 is 33.4 Å². The van der Waals surface area contributed by atoms with Crippen molar-refractivity contribution in [2.24, 2.45) is 0 Å². The summed E-state index contributed by atoms with van der Waals surface area (Å²) in [4.78, 5) is 51.2. The summed E-state index contributed by atoms with van der Waals surface area (Å²) in [6, 6.07) is 7.33. The summed E-state index contributed by atoms with van der Waals surface area (Å²) < 4.78 is 15.9. The number of nitrogens with one attached hydrogen (secondary N) is 2. The van der Waals surface area contributed by atoms with Crippen molar-refractivity contribution in [1.29, 1.82) is 0 Å². The molecule has 10 nitrogen and oxygen atoms in total. The lowest BCUT2D eigenvalue weighted by molar-refractivity contribution is -0.136. The first-order valence-electron chi connectivity index (χ1n) is 10.3. The molecule has 33 heavy (non-hydrogen) atoms. The van der Waals surface area contributed by atoms with E-state index in [9.17, 15) is 19.2 Å². The van der Waals surface area contributed by atoms with Crippen LogP contribution in [-0.4, -0.2) is 55.9 Å². The maximum atomic E-state index is 13.0. The van der Waals surface area contributed by atoms with Gasteiger partial charge in [-0.2, -0.15) is 0 Å². The highest BCUT2D eigenvalue weighted by molar-refractivity contribution is 6.09. The Balaban J connectivity index is 1.60. The van der Waals surface area contributed by atoms with Gasteiger partial charge in [-0.05, 0) is 30.7 Å². The molecule has 0 radical (unpaired) electrons. The molecule has 2 aromatic rings. The number of carbonyl (C=O) groups is 4. The Bertz CT molecular complexity index is 1140. The molecule has 172 valence electrons. The summed E-state index contributed by atoms with van der Waals surface area (Å²) >= 11 is 0. The van der Waals surface area contributed by atoms with Gasteiger partial charge in [0.1, 0.15) is 6.04 Å². The number of methoxy groups -OCH3 is 3. The van der Waals surface area contributed by atoms with E-state index in [0.29, 0.717) is 34.1 Å². The van der Waals surface area contributed by atoms with E-state index in [-0.39, 0.29) is 36.8 Å². The minimum absolute atomic E-state index is 0.145. The molecule has 2 N–H and O–H groups in total. The molecule has 2 aliphatic heterocycles. The van der Waals surface area contributed by atoms with E-state index >= 15 is 0 Å². The first kappa shape index (κ1) is 22.1. The second-order valence-corrected chi connectivity index (χ2v) is 7.60. The van der Waals surface area contributed by atoms with Gasteiger partial charge < -0.3 is 24.4 Å². The number of piperidine rings is 1. The second kappa shape index (κ2) is 8.81. The molecule has 1 atom stereocenters. The van der Waals surface area contributed by atoms with E-state index in [1.54, 1.807) is 18.2 Å². The average Bonchev–Trinajstić information content (AvgIpc) is 3.15. The Morgan fingerprint density at radius 2 is 1.76 bits per heavy atom. The van der Waals surface area contributed by atoms with Crippen LogP contribution < -0.4 is 24.8 Å². The van der Waals surface area contributed by atoms with Crippen molar-refractivity contribution in [1.82, 2.24) is 10.2 Å².